The Hall–Kier alpha value is -1.13. The Morgan fingerprint density at radius 1 is 1.53 bits per heavy atom. The van der Waals surface area contributed by atoms with Gasteiger partial charge in [-0.15, -0.1) is 0 Å². The molecule has 4 nitrogen and oxygen atoms in total. The highest BCUT2D eigenvalue weighted by atomic mass is 16.5. The Morgan fingerprint density at radius 3 is 3.18 bits per heavy atom. The number of nitrogens with zero attached hydrogens (tertiary/aromatic N) is 2. The van der Waals surface area contributed by atoms with Crippen LogP contribution in [-0.2, 0) is 6.61 Å². The van der Waals surface area contributed by atoms with Crippen molar-refractivity contribution in [1.29, 1.82) is 0 Å². The molecule has 94 valence electrons. The molecule has 0 saturated carbocycles. The standard InChI is InChI=1S/C13H20N2O2/c1-15-7-3-2-4-12(15)10-17-13-8-11(9-16)5-6-14-13/h5-6,8,12,16H,2-4,7,9-10H2,1H3. The van der Waals surface area contributed by atoms with E-state index < -0.39 is 0 Å². The molecule has 4 heteroatoms. The van der Waals surface area contributed by atoms with Gasteiger partial charge >= 0.3 is 0 Å². The van der Waals surface area contributed by atoms with Crippen molar-refractivity contribution in [2.24, 2.45) is 0 Å². The molecular formula is C13H20N2O2. The lowest BCUT2D eigenvalue weighted by atomic mass is 10.0. The van der Waals surface area contributed by atoms with Crippen LogP contribution in [-0.4, -0.2) is 41.2 Å². The molecule has 0 spiro atoms. The molecule has 2 rings (SSSR count). The second-order valence-corrected chi connectivity index (χ2v) is 4.60. The van der Waals surface area contributed by atoms with Crippen LogP contribution >= 0.6 is 0 Å². The van der Waals surface area contributed by atoms with Crippen molar-refractivity contribution in [2.75, 3.05) is 20.2 Å². The number of likely N-dealkylation sites (N-methyl/N-ethyl adjacent to an activating group) is 1. The van der Waals surface area contributed by atoms with Gasteiger partial charge < -0.3 is 14.7 Å². The number of aliphatic hydroxyl groups excluding tert-OH is 1. The summed E-state index contributed by atoms with van der Waals surface area (Å²) in [5, 5.41) is 9.03. The number of pyridine rings is 1. The Bertz CT molecular complexity index is 357. The van der Waals surface area contributed by atoms with Crippen LogP contribution in [0.2, 0.25) is 0 Å². The Morgan fingerprint density at radius 2 is 2.41 bits per heavy atom. The lowest BCUT2D eigenvalue weighted by molar-refractivity contribution is 0.122. The van der Waals surface area contributed by atoms with E-state index in [1.807, 2.05) is 0 Å². The molecule has 1 unspecified atom stereocenters. The van der Waals surface area contributed by atoms with Gasteiger partial charge in [-0.3, -0.25) is 0 Å². The zero-order chi connectivity index (χ0) is 12.1. The minimum Gasteiger partial charge on any atom is -0.476 e. The van der Waals surface area contributed by atoms with Crippen LogP contribution in [0.25, 0.3) is 0 Å². The number of hydrogen-bond acceptors (Lipinski definition) is 4. The molecule has 0 aliphatic carbocycles. The molecule has 1 N–H and O–H groups in total. The highest BCUT2D eigenvalue weighted by molar-refractivity contribution is 5.19. The largest absolute Gasteiger partial charge is 0.476 e. The first kappa shape index (κ1) is 12.3. The van der Waals surface area contributed by atoms with Crippen LogP contribution in [0.5, 0.6) is 5.88 Å². The van der Waals surface area contributed by atoms with E-state index in [1.54, 1.807) is 18.3 Å². The Labute approximate surface area is 102 Å². The number of hydrogen-bond donors (Lipinski definition) is 1. The van der Waals surface area contributed by atoms with Crippen LogP contribution < -0.4 is 4.74 Å². The van der Waals surface area contributed by atoms with Crippen molar-refractivity contribution in [3.8, 4) is 5.88 Å². The van der Waals surface area contributed by atoms with E-state index in [0.717, 1.165) is 12.1 Å². The predicted molar refractivity (Wildman–Crippen MR) is 65.9 cm³/mol. The van der Waals surface area contributed by atoms with Gasteiger partial charge in [-0.25, -0.2) is 4.98 Å². The third-order valence-corrected chi connectivity index (χ3v) is 3.33. The molecule has 17 heavy (non-hydrogen) atoms. The minimum absolute atomic E-state index is 0.0300. The summed E-state index contributed by atoms with van der Waals surface area (Å²) in [6.45, 7) is 1.86. The van der Waals surface area contributed by atoms with Gasteiger partial charge in [0.05, 0.1) is 6.61 Å². The summed E-state index contributed by atoms with van der Waals surface area (Å²) in [6, 6.07) is 4.07. The molecule has 1 saturated heterocycles. The first-order valence-corrected chi connectivity index (χ1v) is 6.18. The van der Waals surface area contributed by atoms with Crippen LogP contribution in [0.15, 0.2) is 18.3 Å². The van der Waals surface area contributed by atoms with Crippen molar-refractivity contribution in [3.05, 3.63) is 23.9 Å². The van der Waals surface area contributed by atoms with Crippen molar-refractivity contribution in [3.63, 3.8) is 0 Å². The van der Waals surface area contributed by atoms with Gasteiger partial charge in [0.2, 0.25) is 5.88 Å². The fraction of sp³-hybridized carbons (Fsp3) is 0.615. The number of rotatable bonds is 4. The molecule has 1 fully saturated rings. The van der Waals surface area contributed by atoms with E-state index in [-0.39, 0.29) is 6.61 Å². The lowest BCUT2D eigenvalue weighted by Crippen LogP contribution is -2.40. The first-order valence-electron chi connectivity index (χ1n) is 6.18. The quantitative estimate of drug-likeness (QED) is 0.859. The van der Waals surface area contributed by atoms with E-state index >= 15 is 0 Å². The fourth-order valence-corrected chi connectivity index (χ4v) is 2.16. The second-order valence-electron chi connectivity index (χ2n) is 4.60. The third kappa shape index (κ3) is 3.41. The van der Waals surface area contributed by atoms with Crippen molar-refractivity contribution >= 4 is 0 Å². The summed E-state index contributed by atoms with van der Waals surface area (Å²) in [6.07, 6.45) is 5.43. The van der Waals surface area contributed by atoms with Crippen LogP contribution in [0.3, 0.4) is 0 Å². The van der Waals surface area contributed by atoms with E-state index in [1.165, 1.54) is 19.3 Å². The van der Waals surface area contributed by atoms with E-state index in [9.17, 15) is 0 Å². The highest BCUT2D eigenvalue weighted by Gasteiger charge is 2.19. The predicted octanol–water partition coefficient (Wildman–Crippen LogP) is 1.44. The van der Waals surface area contributed by atoms with E-state index in [0.29, 0.717) is 18.5 Å². The number of aromatic nitrogens is 1. The van der Waals surface area contributed by atoms with Crippen molar-refractivity contribution in [2.45, 2.75) is 31.9 Å². The van der Waals surface area contributed by atoms with Crippen molar-refractivity contribution < 1.29 is 9.84 Å². The first-order chi connectivity index (χ1) is 8.29. The van der Waals surface area contributed by atoms with Crippen LogP contribution in [0, 0.1) is 0 Å². The molecular weight excluding hydrogens is 216 g/mol. The maximum Gasteiger partial charge on any atom is 0.213 e. The monoisotopic (exact) mass is 236 g/mol. The topological polar surface area (TPSA) is 45.6 Å². The lowest BCUT2D eigenvalue weighted by Gasteiger charge is -2.31. The fourth-order valence-electron chi connectivity index (χ4n) is 2.16. The Balaban J connectivity index is 1.88. The SMILES string of the molecule is CN1CCCCC1COc1cc(CO)ccn1. The molecule has 2 heterocycles. The summed E-state index contributed by atoms with van der Waals surface area (Å²) < 4.78 is 5.69. The van der Waals surface area contributed by atoms with Crippen LogP contribution in [0.4, 0.5) is 0 Å². The summed E-state index contributed by atoms with van der Waals surface area (Å²) in [4.78, 5) is 6.49. The second kappa shape index (κ2) is 5.98. The Kier molecular flexibility index (Phi) is 4.34. The highest BCUT2D eigenvalue weighted by Crippen LogP contribution is 2.16. The van der Waals surface area contributed by atoms with Gasteiger partial charge in [-0.1, -0.05) is 6.42 Å². The summed E-state index contributed by atoms with van der Waals surface area (Å²) >= 11 is 0. The molecule has 1 aromatic rings. The van der Waals surface area contributed by atoms with Crippen molar-refractivity contribution in [1.82, 2.24) is 9.88 Å². The maximum absolute atomic E-state index is 9.03. The normalized spacial score (nSPS) is 21.4. The molecule has 1 aliphatic heterocycles. The molecule has 0 amide bonds. The van der Waals surface area contributed by atoms with E-state index in [4.69, 9.17) is 9.84 Å². The van der Waals surface area contributed by atoms with Gasteiger partial charge in [0, 0.05) is 18.3 Å². The molecule has 0 aromatic carbocycles. The molecule has 1 aromatic heterocycles. The molecule has 1 atom stereocenters. The van der Waals surface area contributed by atoms with E-state index in [2.05, 4.69) is 16.9 Å². The summed E-state index contributed by atoms with van der Waals surface area (Å²) in [5.74, 6) is 0.607. The molecule has 0 bridgehead atoms. The summed E-state index contributed by atoms with van der Waals surface area (Å²) in [7, 11) is 2.14. The average molecular weight is 236 g/mol. The van der Waals surface area contributed by atoms with Gasteiger partial charge in [0.15, 0.2) is 0 Å². The van der Waals surface area contributed by atoms with Gasteiger partial charge in [0.1, 0.15) is 6.61 Å². The van der Waals surface area contributed by atoms with Gasteiger partial charge in [-0.2, -0.15) is 0 Å². The molecule has 1 aliphatic rings. The number of piperidine rings is 1. The third-order valence-electron chi connectivity index (χ3n) is 3.33. The smallest absolute Gasteiger partial charge is 0.213 e. The average Bonchev–Trinajstić information content (AvgIpc) is 2.38. The zero-order valence-electron chi connectivity index (χ0n) is 10.3. The number of ether oxygens (including phenoxy) is 1. The van der Waals surface area contributed by atoms with Gasteiger partial charge in [0.25, 0.3) is 0 Å². The number of aliphatic hydroxyl groups is 1. The maximum atomic E-state index is 9.03. The molecule has 0 radical (unpaired) electrons. The zero-order valence-corrected chi connectivity index (χ0v) is 10.3. The summed E-state index contributed by atoms with van der Waals surface area (Å²) in [5.41, 5.74) is 0.840. The van der Waals surface area contributed by atoms with Gasteiger partial charge in [-0.05, 0) is 38.1 Å². The van der Waals surface area contributed by atoms with Crippen LogP contribution in [0.1, 0.15) is 24.8 Å². The number of likely N-dealkylation sites (tertiary alicyclic amines) is 1. The minimum atomic E-state index is 0.0300.